The Morgan fingerprint density at radius 2 is 2.14 bits per heavy atom. The molecule has 0 spiro atoms. The molecule has 1 heteroatoms. The van der Waals surface area contributed by atoms with Gasteiger partial charge < -0.3 is 0 Å². The molecule has 0 saturated heterocycles. The minimum absolute atomic E-state index is 0.449. The molecule has 14 heavy (non-hydrogen) atoms. The highest BCUT2D eigenvalue weighted by molar-refractivity contribution is 5.29. The lowest BCUT2D eigenvalue weighted by Crippen LogP contribution is -2.07. The van der Waals surface area contributed by atoms with Crippen molar-refractivity contribution in [2.75, 3.05) is 0 Å². The molecule has 0 bridgehead atoms. The molecule has 1 saturated carbocycles. The fourth-order valence-electron chi connectivity index (χ4n) is 2.04. The normalized spacial score (nSPS) is 18.6. The molecule has 2 rings (SSSR count). The van der Waals surface area contributed by atoms with Crippen LogP contribution in [0.4, 0.5) is 0 Å². The molecule has 76 valence electrons. The number of hydrogen-bond acceptors (Lipinski definition) is 1. The molecule has 1 aliphatic carbocycles. The van der Waals surface area contributed by atoms with Crippen molar-refractivity contribution < 1.29 is 0 Å². The highest BCUT2D eigenvalue weighted by Crippen LogP contribution is 2.50. The van der Waals surface area contributed by atoms with Gasteiger partial charge in [0.25, 0.3) is 0 Å². The number of aromatic nitrogens is 1. The quantitative estimate of drug-likeness (QED) is 0.707. The number of hydrogen-bond donors (Lipinski definition) is 0. The maximum absolute atomic E-state index is 4.53. The zero-order valence-corrected chi connectivity index (χ0v) is 9.38. The highest BCUT2D eigenvalue weighted by Gasteiger charge is 2.43. The minimum atomic E-state index is 0.449. The summed E-state index contributed by atoms with van der Waals surface area (Å²) in [4.78, 5) is 4.53. The van der Waals surface area contributed by atoms with Gasteiger partial charge in [0.1, 0.15) is 0 Å². The third kappa shape index (κ3) is 1.56. The van der Waals surface area contributed by atoms with E-state index >= 15 is 0 Å². The van der Waals surface area contributed by atoms with Crippen LogP contribution in [-0.4, -0.2) is 4.98 Å². The van der Waals surface area contributed by atoms with Gasteiger partial charge in [-0.1, -0.05) is 20.8 Å². The first-order valence-electron chi connectivity index (χ1n) is 5.64. The molecule has 0 aliphatic heterocycles. The monoisotopic (exact) mass is 189 g/mol. The average molecular weight is 189 g/mol. The molecular weight excluding hydrogens is 170 g/mol. The smallest absolute Gasteiger partial charge is 0.0468 e. The summed E-state index contributed by atoms with van der Waals surface area (Å²) in [5.41, 5.74) is 3.20. The highest BCUT2D eigenvalue weighted by atomic mass is 14.7. The van der Waals surface area contributed by atoms with Crippen molar-refractivity contribution in [1.29, 1.82) is 0 Å². The van der Waals surface area contributed by atoms with E-state index in [0.717, 1.165) is 0 Å². The Morgan fingerprint density at radius 1 is 1.43 bits per heavy atom. The van der Waals surface area contributed by atoms with Crippen LogP contribution in [0.25, 0.3) is 0 Å². The topological polar surface area (TPSA) is 12.9 Å². The summed E-state index contributed by atoms with van der Waals surface area (Å²) in [5.74, 6) is 0.615. The Kier molecular flexibility index (Phi) is 2.34. The standard InChI is InChI=1S/C13H19N/c1-4-13(6-7-13)12-9-11(10(2)3)5-8-14-12/h5,8-10H,4,6-7H2,1-3H3. The Hall–Kier alpha value is -0.850. The predicted molar refractivity (Wildman–Crippen MR) is 59.5 cm³/mol. The van der Waals surface area contributed by atoms with Crippen LogP contribution in [-0.2, 0) is 5.41 Å². The molecule has 0 unspecified atom stereocenters. The van der Waals surface area contributed by atoms with Crippen LogP contribution >= 0.6 is 0 Å². The van der Waals surface area contributed by atoms with Gasteiger partial charge in [-0.15, -0.1) is 0 Å². The Morgan fingerprint density at radius 3 is 2.64 bits per heavy atom. The molecule has 0 aromatic carbocycles. The fraction of sp³-hybridized carbons (Fsp3) is 0.615. The molecule has 0 N–H and O–H groups in total. The lowest BCUT2D eigenvalue weighted by molar-refractivity contribution is 0.638. The first kappa shape index (κ1) is 9.70. The van der Waals surface area contributed by atoms with Gasteiger partial charge in [-0.2, -0.15) is 0 Å². The molecule has 1 nitrogen and oxygen atoms in total. The first-order valence-corrected chi connectivity index (χ1v) is 5.64. The van der Waals surface area contributed by atoms with E-state index < -0.39 is 0 Å². The predicted octanol–water partition coefficient (Wildman–Crippen LogP) is 3.65. The van der Waals surface area contributed by atoms with E-state index in [9.17, 15) is 0 Å². The lowest BCUT2D eigenvalue weighted by atomic mass is 9.95. The fourth-order valence-corrected chi connectivity index (χ4v) is 2.04. The number of nitrogens with zero attached hydrogens (tertiary/aromatic N) is 1. The second kappa shape index (κ2) is 3.38. The molecule has 1 aromatic heterocycles. The minimum Gasteiger partial charge on any atom is -0.261 e. The van der Waals surface area contributed by atoms with E-state index in [0.29, 0.717) is 11.3 Å². The average Bonchev–Trinajstić information content (AvgIpc) is 2.98. The van der Waals surface area contributed by atoms with E-state index in [-0.39, 0.29) is 0 Å². The largest absolute Gasteiger partial charge is 0.261 e. The Balaban J connectivity index is 2.31. The zero-order chi connectivity index (χ0) is 10.2. The summed E-state index contributed by atoms with van der Waals surface area (Å²) in [6, 6.07) is 4.45. The van der Waals surface area contributed by atoms with Crippen molar-refractivity contribution in [3.63, 3.8) is 0 Å². The first-order chi connectivity index (χ1) is 6.68. The maximum atomic E-state index is 4.53. The Labute approximate surface area is 86.6 Å². The molecule has 1 aliphatic rings. The van der Waals surface area contributed by atoms with Gasteiger partial charge in [-0.05, 0) is 42.9 Å². The van der Waals surface area contributed by atoms with Gasteiger partial charge in [0.2, 0.25) is 0 Å². The molecule has 0 radical (unpaired) electrons. The molecule has 0 atom stereocenters. The van der Waals surface area contributed by atoms with Crippen molar-refractivity contribution in [2.45, 2.75) is 51.4 Å². The van der Waals surface area contributed by atoms with Gasteiger partial charge in [-0.3, -0.25) is 4.98 Å². The Bertz CT molecular complexity index is 324. The van der Waals surface area contributed by atoms with Gasteiger partial charge in [0.15, 0.2) is 0 Å². The SMILES string of the molecule is CCC1(c2cc(C(C)C)ccn2)CC1. The van der Waals surface area contributed by atoms with Crippen molar-refractivity contribution >= 4 is 0 Å². The summed E-state index contributed by atoms with van der Waals surface area (Å²) in [6.45, 7) is 6.76. The third-order valence-electron chi connectivity index (χ3n) is 3.52. The van der Waals surface area contributed by atoms with Crippen molar-refractivity contribution in [2.24, 2.45) is 0 Å². The van der Waals surface area contributed by atoms with Gasteiger partial charge >= 0.3 is 0 Å². The molecule has 1 heterocycles. The van der Waals surface area contributed by atoms with Gasteiger partial charge in [0.05, 0.1) is 0 Å². The molecule has 0 amide bonds. The second-order valence-corrected chi connectivity index (χ2v) is 4.76. The van der Waals surface area contributed by atoms with Crippen LogP contribution in [0.2, 0.25) is 0 Å². The second-order valence-electron chi connectivity index (χ2n) is 4.76. The van der Waals surface area contributed by atoms with Crippen LogP contribution in [0.15, 0.2) is 18.3 Å². The van der Waals surface area contributed by atoms with Crippen LogP contribution in [0.5, 0.6) is 0 Å². The van der Waals surface area contributed by atoms with Crippen molar-refractivity contribution in [1.82, 2.24) is 4.98 Å². The van der Waals surface area contributed by atoms with Crippen molar-refractivity contribution in [3.05, 3.63) is 29.6 Å². The summed E-state index contributed by atoms with van der Waals surface area (Å²) in [5, 5.41) is 0. The number of pyridine rings is 1. The van der Waals surface area contributed by atoms with E-state index in [1.54, 1.807) is 0 Å². The van der Waals surface area contributed by atoms with E-state index in [1.165, 1.54) is 30.5 Å². The molecule has 1 aromatic rings. The summed E-state index contributed by atoms with van der Waals surface area (Å²) in [6.07, 6.45) is 5.87. The summed E-state index contributed by atoms with van der Waals surface area (Å²) >= 11 is 0. The maximum Gasteiger partial charge on any atom is 0.0468 e. The van der Waals surface area contributed by atoms with Crippen LogP contribution in [0.3, 0.4) is 0 Å². The van der Waals surface area contributed by atoms with E-state index in [4.69, 9.17) is 0 Å². The van der Waals surface area contributed by atoms with E-state index in [2.05, 4.69) is 37.9 Å². The van der Waals surface area contributed by atoms with Gasteiger partial charge in [0, 0.05) is 17.3 Å². The zero-order valence-electron chi connectivity index (χ0n) is 9.38. The van der Waals surface area contributed by atoms with E-state index in [1.807, 2.05) is 6.20 Å². The molecule has 1 fully saturated rings. The van der Waals surface area contributed by atoms with Crippen LogP contribution in [0.1, 0.15) is 57.2 Å². The summed E-state index contributed by atoms with van der Waals surface area (Å²) in [7, 11) is 0. The van der Waals surface area contributed by atoms with Gasteiger partial charge in [-0.25, -0.2) is 0 Å². The molecular formula is C13H19N. The van der Waals surface area contributed by atoms with Crippen LogP contribution in [0, 0.1) is 0 Å². The number of rotatable bonds is 3. The van der Waals surface area contributed by atoms with Crippen molar-refractivity contribution in [3.8, 4) is 0 Å². The lowest BCUT2D eigenvalue weighted by Gasteiger charge is -2.14. The third-order valence-corrected chi connectivity index (χ3v) is 3.52. The van der Waals surface area contributed by atoms with Crippen LogP contribution < -0.4 is 0 Å². The summed E-state index contributed by atoms with van der Waals surface area (Å²) < 4.78 is 0.